The molecule has 0 spiro atoms. The van der Waals surface area contributed by atoms with Gasteiger partial charge in [0.25, 0.3) is 0 Å². The third kappa shape index (κ3) is 16.7. The van der Waals surface area contributed by atoms with E-state index in [4.69, 9.17) is 0 Å². The topological polar surface area (TPSA) is 0 Å². The Bertz CT molecular complexity index is 167. The van der Waals surface area contributed by atoms with E-state index in [0.717, 1.165) is 5.92 Å². The summed E-state index contributed by atoms with van der Waals surface area (Å²) in [6.45, 7) is 4.69. The summed E-state index contributed by atoms with van der Waals surface area (Å²) in [5.41, 5.74) is 0. The van der Waals surface area contributed by atoms with Crippen molar-refractivity contribution in [1.29, 1.82) is 0 Å². The molecule has 0 aliphatic carbocycles. The first kappa shape index (κ1) is 20.6. The van der Waals surface area contributed by atoms with Gasteiger partial charge in [0.15, 0.2) is 0 Å². The summed E-state index contributed by atoms with van der Waals surface area (Å²) in [7, 11) is 0. The van der Waals surface area contributed by atoms with Crippen molar-refractivity contribution in [1.82, 2.24) is 0 Å². The SMILES string of the molecule is [Li][CH2]C(C)CCCCCCCCCCCCCCCC. The molecule has 0 saturated carbocycles. The first-order valence-electron chi connectivity index (χ1n) is 9.81. The predicted molar refractivity (Wildman–Crippen MR) is 94.7 cm³/mol. The fourth-order valence-electron chi connectivity index (χ4n) is 2.89. The molecule has 0 N–H and O–H groups in total. The quantitative estimate of drug-likeness (QED) is 0.208. The van der Waals surface area contributed by atoms with Crippen molar-refractivity contribution in [2.24, 2.45) is 5.92 Å². The van der Waals surface area contributed by atoms with Crippen LogP contribution in [-0.4, -0.2) is 17.7 Å². The summed E-state index contributed by atoms with van der Waals surface area (Å²) in [5.74, 6) is 0.951. The van der Waals surface area contributed by atoms with Crippen LogP contribution in [0.15, 0.2) is 0 Å². The minimum absolute atomic E-state index is 0.951. The monoisotopic (exact) mass is 274 g/mol. The smallest absolute Gasteiger partial charge is 0.0654 e. The number of hydrogen-bond acceptors (Lipinski definition) is 0. The molecule has 20 heavy (non-hydrogen) atoms. The van der Waals surface area contributed by atoms with Gasteiger partial charge in [-0.3, -0.25) is 0 Å². The molecule has 0 saturated heterocycles. The molecule has 0 fully saturated rings. The van der Waals surface area contributed by atoms with Crippen LogP contribution in [0, 0.1) is 5.92 Å². The molecule has 1 heteroatoms. The van der Waals surface area contributed by atoms with Gasteiger partial charge in [0.05, 0.1) is 0 Å². The second kappa shape index (κ2) is 17.6. The predicted octanol–water partition coefficient (Wildman–Crippen LogP) is 7.08. The fourth-order valence-corrected chi connectivity index (χ4v) is 2.89. The second-order valence-corrected chi connectivity index (χ2v) is 6.90. The van der Waals surface area contributed by atoms with Crippen molar-refractivity contribution in [2.75, 3.05) is 0 Å². The van der Waals surface area contributed by atoms with Gasteiger partial charge in [-0.1, -0.05) is 39.0 Å². The first-order valence-corrected chi connectivity index (χ1v) is 9.81. The van der Waals surface area contributed by atoms with Crippen LogP contribution in [0.4, 0.5) is 0 Å². The van der Waals surface area contributed by atoms with E-state index >= 15 is 0 Å². The molecule has 0 heterocycles. The summed E-state index contributed by atoms with van der Waals surface area (Å²) in [6, 6.07) is 0. The molecule has 0 aliphatic heterocycles. The number of rotatable bonds is 16. The van der Waals surface area contributed by atoms with Gasteiger partial charge < -0.3 is 0 Å². The Morgan fingerprint density at radius 2 is 0.950 bits per heavy atom. The summed E-state index contributed by atoms with van der Waals surface area (Å²) >= 11 is 2.31. The van der Waals surface area contributed by atoms with E-state index in [1.807, 2.05) is 0 Å². The molecular formula is C19H39Li. The maximum absolute atomic E-state index is 2.39. The molecule has 0 aromatic heterocycles. The molecular weight excluding hydrogens is 235 g/mol. The van der Waals surface area contributed by atoms with Crippen LogP contribution in [-0.2, 0) is 0 Å². The molecule has 116 valence electrons. The van der Waals surface area contributed by atoms with E-state index in [2.05, 4.69) is 31.6 Å². The molecule has 0 aliphatic rings. The normalized spacial score (nSPS) is 12.8. The molecule has 1 unspecified atom stereocenters. The van der Waals surface area contributed by atoms with Crippen LogP contribution in [0.2, 0.25) is 5.09 Å². The standard InChI is InChI=1S/C19H39.Li/c1-4-5-6-7-8-9-10-11-12-13-14-15-16-17-18-19(2)3;/h19H,2,4-18H2,1,3H3;. The van der Waals surface area contributed by atoms with E-state index in [1.54, 1.807) is 0 Å². The van der Waals surface area contributed by atoms with Gasteiger partial charge >= 0.3 is 99.9 Å². The van der Waals surface area contributed by atoms with E-state index < -0.39 is 0 Å². The Morgan fingerprint density at radius 3 is 1.30 bits per heavy atom. The summed E-state index contributed by atoms with van der Waals surface area (Å²) in [4.78, 5) is 0. The van der Waals surface area contributed by atoms with Crippen molar-refractivity contribution in [3.05, 3.63) is 0 Å². The van der Waals surface area contributed by atoms with Gasteiger partial charge in [-0.25, -0.2) is 0 Å². The zero-order valence-electron chi connectivity index (χ0n) is 14.9. The molecule has 0 aromatic rings. The molecule has 0 aromatic carbocycles. The molecule has 1 atom stereocenters. The van der Waals surface area contributed by atoms with Crippen molar-refractivity contribution in [3.63, 3.8) is 0 Å². The zero-order chi connectivity index (χ0) is 14.9. The van der Waals surface area contributed by atoms with Crippen LogP contribution in [0.25, 0.3) is 0 Å². The molecule has 0 amide bonds. The second-order valence-electron chi connectivity index (χ2n) is 6.90. The van der Waals surface area contributed by atoms with E-state index in [1.165, 1.54) is 101 Å². The summed E-state index contributed by atoms with van der Waals surface area (Å²) in [5, 5.41) is 1.36. The van der Waals surface area contributed by atoms with Gasteiger partial charge in [0.2, 0.25) is 0 Å². The number of hydrogen-bond donors (Lipinski definition) is 0. The van der Waals surface area contributed by atoms with Crippen molar-refractivity contribution in [3.8, 4) is 0 Å². The molecule has 0 bridgehead atoms. The molecule has 0 radical (unpaired) electrons. The first-order chi connectivity index (χ1) is 9.81. The molecule has 0 nitrogen and oxygen atoms in total. The van der Waals surface area contributed by atoms with E-state index in [9.17, 15) is 0 Å². The van der Waals surface area contributed by atoms with Crippen LogP contribution in [0.5, 0.6) is 0 Å². The fraction of sp³-hybridized carbons (Fsp3) is 1.00. The van der Waals surface area contributed by atoms with Gasteiger partial charge in [-0.15, -0.1) is 0 Å². The van der Waals surface area contributed by atoms with Gasteiger partial charge in [0.1, 0.15) is 0 Å². The van der Waals surface area contributed by atoms with E-state index in [-0.39, 0.29) is 0 Å². The zero-order valence-corrected chi connectivity index (χ0v) is 14.9. The van der Waals surface area contributed by atoms with Gasteiger partial charge in [0, 0.05) is 0 Å². The average molecular weight is 274 g/mol. The molecule has 0 rings (SSSR count). The Balaban J connectivity index is 2.96. The third-order valence-corrected chi connectivity index (χ3v) is 4.75. The van der Waals surface area contributed by atoms with Crippen molar-refractivity contribution >= 4 is 17.7 Å². The maximum atomic E-state index is 2.39. The Hall–Kier alpha value is 0.597. The average Bonchev–Trinajstić information content (AvgIpc) is 2.47. The van der Waals surface area contributed by atoms with Crippen LogP contribution < -0.4 is 0 Å². The summed E-state index contributed by atoms with van der Waals surface area (Å²) < 4.78 is 0. The minimum atomic E-state index is 0.951. The number of unbranched alkanes of at least 4 members (excludes halogenated alkanes) is 13. The van der Waals surface area contributed by atoms with E-state index in [0.29, 0.717) is 0 Å². The van der Waals surface area contributed by atoms with Gasteiger partial charge in [-0.05, 0) is 0 Å². The van der Waals surface area contributed by atoms with Crippen molar-refractivity contribution in [2.45, 2.75) is 115 Å². The van der Waals surface area contributed by atoms with Gasteiger partial charge in [-0.2, -0.15) is 0 Å². The minimum Gasteiger partial charge on any atom is -0.0654 e. The van der Waals surface area contributed by atoms with Crippen molar-refractivity contribution < 1.29 is 0 Å². The van der Waals surface area contributed by atoms with Crippen LogP contribution in [0.3, 0.4) is 0 Å². The third-order valence-electron chi connectivity index (χ3n) is 4.75. The van der Waals surface area contributed by atoms with Crippen LogP contribution in [0.1, 0.15) is 110 Å². The Labute approximate surface area is 139 Å². The summed E-state index contributed by atoms with van der Waals surface area (Å²) in [6.07, 6.45) is 22.0. The van der Waals surface area contributed by atoms with Crippen LogP contribution >= 0.6 is 0 Å². The Kier molecular flexibility index (Phi) is 18.2. The Morgan fingerprint density at radius 1 is 0.600 bits per heavy atom.